The van der Waals surface area contributed by atoms with Gasteiger partial charge in [0.1, 0.15) is 0 Å². The molecule has 0 aliphatic heterocycles. The maximum Gasteiger partial charge on any atom is 0.0579 e. The Bertz CT molecular complexity index is 506. The van der Waals surface area contributed by atoms with E-state index in [4.69, 9.17) is 0 Å². The summed E-state index contributed by atoms with van der Waals surface area (Å²) in [6.07, 6.45) is 6.43. The molecule has 18 heavy (non-hydrogen) atoms. The molecule has 1 fully saturated rings. The van der Waals surface area contributed by atoms with Crippen LogP contribution < -0.4 is 10.2 Å². The van der Waals surface area contributed by atoms with E-state index in [0.29, 0.717) is 6.04 Å². The predicted octanol–water partition coefficient (Wildman–Crippen LogP) is 3.35. The van der Waals surface area contributed by atoms with Crippen molar-refractivity contribution in [3.8, 4) is 0 Å². The third-order valence-corrected chi connectivity index (χ3v) is 4.10. The number of aromatic nitrogens is 1. The summed E-state index contributed by atoms with van der Waals surface area (Å²) < 4.78 is 0. The van der Waals surface area contributed by atoms with Gasteiger partial charge in [0.2, 0.25) is 0 Å². The van der Waals surface area contributed by atoms with Crippen molar-refractivity contribution < 1.29 is 0 Å². The van der Waals surface area contributed by atoms with Gasteiger partial charge in [0.05, 0.1) is 30.3 Å². The number of hydrogen-bond acceptors (Lipinski definition) is 4. The quantitative estimate of drug-likeness (QED) is 0.892. The van der Waals surface area contributed by atoms with Gasteiger partial charge in [-0.25, -0.2) is 0 Å². The van der Waals surface area contributed by atoms with Crippen LogP contribution in [0.1, 0.15) is 17.7 Å². The highest BCUT2D eigenvalue weighted by atomic mass is 32.1. The standard InChI is InChI=1S/C14H17N3S/c1-15-11-7-13(9-16-8-11)17(12-4-5-12)10-14-3-2-6-18-14/h2-3,6-9,12,15H,4-5,10H2,1H3. The molecular weight excluding hydrogens is 242 g/mol. The van der Waals surface area contributed by atoms with Crippen molar-refractivity contribution in [1.82, 2.24) is 4.98 Å². The number of hydrogen-bond donors (Lipinski definition) is 1. The lowest BCUT2D eigenvalue weighted by Gasteiger charge is -2.24. The molecule has 4 heteroatoms. The van der Waals surface area contributed by atoms with Crippen molar-refractivity contribution in [2.75, 3.05) is 17.3 Å². The fourth-order valence-corrected chi connectivity index (χ4v) is 2.81. The monoisotopic (exact) mass is 259 g/mol. The maximum absolute atomic E-state index is 4.32. The van der Waals surface area contributed by atoms with Gasteiger partial charge >= 0.3 is 0 Å². The van der Waals surface area contributed by atoms with Crippen LogP contribution in [0.2, 0.25) is 0 Å². The lowest BCUT2D eigenvalue weighted by Crippen LogP contribution is -2.24. The third-order valence-electron chi connectivity index (χ3n) is 3.24. The van der Waals surface area contributed by atoms with Gasteiger partial charge in [-0.2, -0.15) is 0 Å². The van der Waals surface area contributed by atoms with E-state index in [1.54, 1.807) is 0 Å². The van der Waals surface area contributed by atoms with Crippen LogP contribution in [0, 0.1) is 0 Å². The molecule has 2 aromatic heterocycles. The van der Waals surface area contributed by atoms with Gasteiger partial charge in [-0.05, 0) is 30.4 Å². The van der Waals surface area contributed by atoms with Crippen molar-refractivity contribution in [1.29, 1.82) is 0 Å². The van der Waals surface area contributed by atoms with Gasteiger partial charge in [-0.3, -0.25) is 4.98 Å². The van der Waals surface area contributed by atoms with Crippen LogP contribution in [0.4, 0.5) is 11.4 Å². The first-order chi connectivity index (χ1) is 8.86. The van der Waals surface area contributed by atoms with Crippen LogP contribution >= 0.6 is 11.3 Å². The minimum absolute atomic E-state index is 0.695. The zero-order valence-electron chi connectivity index (χ0n) is 10.5. The van der Waals surface area contributed by atoms with Crippen molar-refractivity contribution in [2.24, 2.45) is 0 Å². The molecule has 3 rings (SSSR count). The van der Waals surface area contributed by atoms with E-state index in [2.05, 4.69) is 38.8 Å². The van der Waals surface area contributed by atoms with E-state index >= 15 is 0 Å². The number of nitrogens with zero attached hydrogens (tertiary/aromatic N) is 2. The Morgan fingerprint density at radius 1 is 1.44 bits per heavy atom. The summed E-state index contributed by atoms with van der Waals surface area (Å²) in [6, 6.07) is 7.20. The summed E-state index contributed by atoms with van der Waals surface area (Å²) in [5.74, 6) is 0. The van der Waals surface area contributed by atoms with E-state index in [1.807, 2.05) is 30.8 Å². The van der Waals surface area contributed by atoms with Gasteiger partial charge in [-0.1, -0.05) is 6.07 Å². The molecule has 0 bridgehead atoms. The molecular formula is C14H17N3S. The van der Waals surface area contributed by atoms with E-state index in [-0.39, 0.29) is 0 Å². The highest BCUT2D eigenvalue weighted by Crippen LogP contribution is 2.34. The molecule has 2 aromatic rings. The van der Waals surface area contributed by atoms with E-state index in [1.165, 1.54) is 23.4 Å². The number of pyridine rings is 1. The number of rotatable bonds is 5. The second-order valence-corrected chi connectivity index (χ2v) is 5.65. The van der Waals surface area contributed by atoms with Crippen molar-refractivity contribution in [3.63, 3.8) is 0 Å². The Labute approximate surface area is 111 Å². The Kier molecular flexibility index (Phi) is 3.19. The minimum atomic E-state index is 0.695. The molecule has 0 aromatic carbocycles. The Hall–Kier alpha value is -1.55. The average Bonchev–Trinajstić information content (AvgIpc) is 3.13. The molecule has 1 aliphatic carbocycles. The molecule has 0 spiro atoms. The maximum atomic E-state index is 4.32. The minimum Gasteiger partial charge on any atom is -0.387 e. The van der Waals surface area contributed by atoms with Crippen LogP contribution in [0.15, 0.2) is 36.0 Å². The molecule has 1 aliphatic rings. The third kappa shape index (κ3) is 2.48. The summed E-state index contributed by atoms with van der Waals surface area (Å²) in [6.45, 7) is 0.997. The Balaban J connectivity index is 1.84. The molecule has 94 valence electrons. The first-order valence-corrected chi connectivity index (χ1v) is 7.16. The normalized spacial score (nSPS) is 14.5. The SMILES string of the molecule is CNc1cncc(N(Cc2cccs2)C2CC2)c1. The Morgan fingerprint density at radius 3 is 3.00 bits per heavy atom. The zero-order chi connectivity index (χ0) is 12.4. The second kappa shape index (κ2) is 4.98. The lowest BCUT2D eigenvalue weighted by molar-refractivity contribution is 0.801. The molecule has 0 radical (unpaired) electrons. The fourth-order valence-electron chi connectivity index (χ4n) is 2.11. The summed E-state index contributed by atoms with van der Waals surface area (Å²) in [7, 11) is 1.93. The molecule has 1 saturated carbocycles. The van der Waals surface area contributed by atoms with E-state index in [0.717, 1.165) is 12.2 Å². The predicted molar refractivity (Wildman–Crippen MR) is 77.3 cm³/mol. The van der Waals surface area contributed by atoms with Crippen LogP contribution in [0.25, 0.3) is 0 Å². The van der Waals surface area contributed by atoms with Crippen molar-refractivity contribution in [3.05, 3.63) is 40.8 Å². The first kappa shape index (κ1) is 11.5. The molecule has 0 unspecified atom stereocenters. The van der Waals surface area contributed by atoms with Crippen LogP contribution in [0.5, 0.6) is 0 Å². The van der Waals surface area contributed by atoms with Gasteiger partial charge in [0.15, 0.2) is 0 Å². The number of nitrogens with one attached hydrogen (secondary N) is 1. The number of anilines is 2. The zero-order valence-corrected chi connectivity index (χ0v) is 11.3. The van der Waals surface area contributed by atoms with Crippen LogP contribution in [0.3, 0.4) is 0 Å². The average molecular weight is 259 g/mol. The smallest absolute Gasteiger partial charge is 0.0579 e. The first-order valence-electron chi connectivity index (χ1n) is 6.28. The van der Waals surface area contributed by atoms with Crippen molar-refractivity contribution in [2.45, 2.75) is 25.4 Å². The summed E-state index contributed by atoms with van der Waals surface area (Å²) in [4.78, 5) is 8.20. The molecule has 0 saturated heterocycles. The second-order valence-electron chi connectivity index (χ2n) is 4.62. The lowest BCUT2D eigenvalue weighted by atomic mass is 10.3. The molecule has 2 heterocycles. The van der Waals surface area contributed by atoms with Gasteiger partial charge < -0.3 is 10.2 Å². The van der Waals surface area contributed by atoms with Gasteiger partial charge in [-0.15, -0.1) is 11.3 Å². The van der Waals surface area contributed by atoms with Crippen LogP contribution in [-0.2, 0) is 6.54 Å². The Morgan fingerprint density at radius 2 is 2.33 bits per heavy atom. The number of thiophene rings is 1. The van der Waals surface area contributed by atoms with E-state index < -0.39 is 0 Å². The molecule has 1 N–H and O–H groups in total. The topological polar surface area (TPSA) is 28.2 Å². The molecule has 0 atom stereocenters. The highest BCUT2D eigenvalue weighted by molar-refractivity contribution is 7.09. The summed E-state index contributed by atoms with van der Waals surface area (Å²) in [5, 5.41) is 5.30. The fraction of sp³-hybridized carbons (Fsp3) is 0.357. The van der Waals surface area contributed by atoms with Gasteiger partial charge in [0.25, 0.3) is 0 Å². The van der Waals surface area contributed by atoms with E-state index in [9.17, 15) is 0 Å². The largest absolute Gasteiger partial charge is 0.387 e. The van der Waals surface area contributed by atoms with Crippen LogP contribution in [-0.4, -0.2) is 18.1 Å². The highest BCUT2D eigenvalue weighted by Gasteiger charge is 2.29. The molecule has 3 nitrogen and oxygen atoms in total. The molecule has 0 amide bonds. The van der Waals surface area contributed by atoms with Crippen molar-refractivity contribution >= 4 is 22.7 Å². The van der Waals surface area contributed by atoms with Gasteiger partial charge in [0, 0.05) is 18.0 Å². The summed E-state index contributed by atoms with van der Waals surface area (Å²) in [5.41, 5.74) is 2.29. The summed E-state index contributed by atoms with van der Waals surface area (Å²) >= 11 is 1.82.